The zero-order valence-electron chi connectivity index (χ0n) is 20.7. The van der Waals surface area contributed by atoms with Gasteiger partial charge in [-0.25, -0.2) is 10.2 Å². The van der Waals surface area contributed by atoms with Crippen LogP contribution < -0.4 is 24.4 Å². The number of carbonyl (C=O) groups excluding carboxylic acids is 2. The van der Waals surface area contributed by atoms with Crippen LogP contribution in [0.15, 0.2) is 71.8 Å². The van der Waals surface area contributed by atoms with Crippen molar-refractivity contribution in [1.29, 1.82) is 0 Å². The molecule has 1 N–H and O–H groups in total. The minimum Gasteiger partial charge on any atom is -0.494 e. The number of ether oxygens (including phenoxy) is 4. The Hall–Kier alpha value is -4.33. The van der Waals surface area contributed by atoms with Gasteiger partial charge < -0.3 is 18.9 Å². The monoisotopic (exact) mass is 490 g/mol. The molecular weight excluding hydrogens is 460 g/mol. The van der Waals surface area contributed by atoms with Crippen molar-refractivity contribution in [2.24, 2.45) is 5.10 Å². The molecule has 0 saturated heterocycles. The lowest BCUT2D eigenvalue weighted by atomic mass is 10.2. The van der Waals surface area contributed by atoms with Crippen LogP contribution in [0.25, 0.3) is 0 Å². The zero-order valence-corrected chi connectivity index (χ0v) is 20.7. The molecule has 0 spiro atoms. The fraction of sp³-hybridized carbons (Fsp3) is 0.250. The first kappa shape index (κ1) is 26.3. The van der Waals surface area contributed by atoms with Gasteiger partial charge >= 0.3 is 5.97 Å². The average molecular weight is 491 g/mol. The van der Waals surface area contributed by atoms with Crippen molar-refractivity contribution >= 4 is 18.1 Å². The Morgan fingerprint density at radius 1 is 0.889 bits per heavy atom. The van der Waals surface area contributed by atoms with Gasteiger partial charge in [0.05, 0.1) is 25.0 Å². The molecule has 0 radical (unpaired) electrons. The molecule has 0 saturated carbocycles. The normalized spacial score (nSPS) is 10.6. The number of amides is 1. The van der Waals surface area contributed by atoms with E-state index < -0.39 is 11.9 Å². The average Bonchev–Trinajstić information content (AvgIpc) is 2.89. The minimum atomic E-state index is -0.514. The van der Waals surface area contributed by atoms with Crippen molar-refractivity contribution < 1.29 is 28.5 Å². The van der Waals surface area contributed by atoms with Crippen molar-refractivity contribution in [2.75, 3.05) is 19.8 Å². The Morgan fingerprint density at radius 2 is 1.67 bits per heavy atom. The predicted octanol–water partition coefficient (Wildman–Crippen LogP) is 4.93. The molecule has 8 nitrogen and oxygen atoms in total. The number of hydrazone groups is 1. The molecule has 0 unspecified atom stereocenters. The molecule has 0 aromatic heterocycles. The SMILES string of the molecule is CCCOc1ccc(C(=O)Oc2ccc(/C=N/NC(=O)COc3ccccc3C)cc2OCC)cc1. The van der Waals surface area contributed by atoms with Crippen molar-refractivity contribution in [3.8, 4) is 23.0 Å². The summed E-state index contributed by atoms with van der Waals surface area (Å²) < 4.78 is 22.2. The first-order valence-electron chi connectivity index (χ1n) is 11.7. The third-order valence-corrected chi connectivity index (χ3v) is 4.89. The molecule has 188 valence electrons. The van der Waals surface area contributed by atoms with Crippen LogP contribution in [0.1, 0.15) is 41.8 Å². The number of benzene rings is 3. The summed E-state index contributed by atoms with van der Waals surface area (Å²) in [6.45, 7) is 6.59. The molecule has 0 aliphatic carbocycles. The predicted molar refractivity (Wildman–Crippen MR) is 137 cm³/mol. The molecule has 3 rings (SSSR count). The molecule has 0 bridgehead atoms. The van der Waals surface area contributed by atoms with Crippen LogP contribution in [0.5, 0.6) is 23.0 Å². The van der Waals surface area contributed by atoms with E-state index in [9.17, 15) is 9.59 Å². The fourth-order valence-electron chi connectivity index (χ4n) is 3.10. The third-order valence-electron chi connectivity index (χ3n) is 4.89. The van der Waals surface area contributed by atoms with E-state index in [-0.39, 0.29) is 12.4 Å². The summed E-state index contributed by atoms with van der Waals surface area (Å²) in [6, 6.07) is 19.2. The standard InChI is InChI=1S/C28H30N2O6/c1-4-16-34-23-13-11-22(12-14-23)28(32)36-25-15-10-21(17-26(25)33-5-2)18-29-30-27(31)19-35-24-9-7-6-8-20(24)3/h6-15,17-18H,4-5,16,19H2,1-3H3,(H,30,31)/b29-18+. The topological polar surface area (TPSA) is 95.5 Å². The number of aryl methyl sites for hydroxylation is 1. The third kappa shape index (κ3) is 7.87. The lowest BCUT2D eigenvalue weighted by Gasteiger charge is -2.12. The molecule has 3 aromatic carbocycles. The van der Waals surface area contributed by atoms with Crippen molar-refractivity contribution in [1.82, 2.24) is 5.43 Å². The Morgan fingerprint density at radius 3 is 2.39 bits per heavy atom. The Balaban J connectivity index is 1.58. The molecule has 3 aromatic rings. The number of esters is 1. The largest absolute Gasteiger partial charge is 0.494 e. The second kappa shape index (κ2) is 13.5. The van der Waals surface area contributed by atoms with Gasteiger partial charge in [0, 0.05) is 0 Å². The van der Waals surface area contributed by atoms with Gasteiger partial charge in [0.1, 0.15) is 11.5 Å². The number of hydrogen-bond acceptors (Lipinski definition) is 7. The highest BCUT2D eigenvalue weighted by Gasteiger charge is 2.13. The maximum Gasteiger partial charge on any atom is 0.343 e. The van der Waals surface area contributed by atoms with Gasteiger partial charge in [-0.2, -0.15) is 5.10 Å². The van der Waals surface area contributed by atoms with E-state index in [0.717, 1.165) is 12.0 Å². The Kier molecular flexibility index (Phi) is 9.88. The van der Waals surface area contributed by atoms with E-state index in [1.165, 1.54) is 6.21 Å². The first-order valence-corrected chi connectivity index (χ1v) is 11.7. The number of para-hydroxylation sites is 1. The van der Waals surface area contributed by atoms with Crippen molar-refractivity contribution in [3.63, 3.8) is 0 Å². The second-order valence-corrected chi connectivity index (χ2v) is 7.75. The van der Waals surface area contributed by atoms with Gasteiger partial charge in [0.15, 0.2) is 18.1 Å². The summed E-state index contributed by atoms with van der Waals surface area (Å²) in [5, 5.41) is 3.97. The van der Waals surface area contributed by atoms with Crippen LogP contribution >= 0.6 is 0 Å². The van der Waals surface area contributed by atoms with Gasteiger partial charge in [0.2, 0.25) is 0 Å². The molecule has 36 heavy (non-hydrogen) atoms. The molecule has 0 atom stereocenters. The maximum atomic E-state index is 12.6. The van der Waals surface area contributed by atoms with Crippen LogP contribution in [-0.4, -0.2) is 37.9 Å². The van der Waals surface area contributed by atoms with E-state index in [2.05, 4.69) is 10.5 Å². The summed E-state index contributed by atoms with van der Waals surface area (Å²) in [6.07, 6.45) is 2.37. The summed E-state index contributed by atoms with van der Waals surface area (Å²) >= 11 is 0. The van der Waals surface area contributed by atoms with Gasteiger partial charge in [-0.3, -0.25) is 4.79 Å². The van der Waals surface area contributed by atoms with E-state index in [4.69, 9.17) is 18.9 Å². The molecule has 0 fully saturated rings. The summed E-state index contributed by atoms with van der Waals surface area (Å²) in [5.74, 6) is 1.09. The van der Waals surface area contributed by atoms with Gasteiger partial charge in [-0.1, -0.05) is 25.1 Å². The van der Waals surface area contributed by atoms with Gasteiger partial charge in [-0.05, 0) is 79.9 Å². The van der Waals surface area contributed by atoms with Crippen LogP contribution in [0.3, 0.4) is 0 Å². The summed E-state index contributed by atoms with van der Waals surface area (Å²) in [4.78, 5) is 24.6. The fourth-order valence-corrected chi connectivity index (χ4v) is 3.10. The molecule has 0 aliphatic rings. The number of carbonyl (C=O) groups is 2. The highest BCUT2D eigenvalue weighted by molar-refractivity contribution is 5.92. The van der Waals surface area contributed by atoms with Crippen LogP contribution in [0.2, 0.25) is 0 Å². The number of nitrogens with zero attached hydrogens (tertiary/aromatic N) is 1. The molecule has 1 amide bonds. The van der Waals surface area contributed by atoms with E-state index in [1.807, 2.05) is 39.0 Å². The van der Waals surface area contributed by atoms with Gasteiger partial charge in [0.25, 0.3) is 5.91 Å². The number of rotatable bonds is 12. The highest BCUT2D eigenvalue weighted by Crippen LogP contribution is 2.29. The maximum absolute atomic E-state index is 12.6. The molecule has 0 heterocycles. The smallest absolute Gasteiger partial charge is 0.343 e. The lowest BCUT2D eigenvalue weighted by Crippen LogP contribution is -2.24. The summed E-state index contributed by atoms with van der Waals surface area (Å²) in [5.41, 5.74) is 4.41. The zero-order chi connectivity index (χ0) is 25.8. The Labute approximate surface area is 210 Å². The minimum absolute atomic E-state index is 0.160. The Bertz CT molecular complexity index is 1190. The van der Waals surface area contributed by atoms with Crippen molar-refractivity contribution in [2.45, 2.75) is 27.2 Å². The van der Waals surface area contributed by atoms with Crippen LogP contribution in [0.4, 0.5) is 0 Å². The van der Waals surface area contributed by atoms with Crippen LogP contribution in [-0.2, 0) is 4.79 Å². The van der Waals surface area contributed by atoms with E-state index in [0.29, 0.717) is 41.6 Å². The number of nitrogens with one attached hydrogen (secondary N) is 1. The van der Waals surface area contributed by atoms with Crippen LogP contribution in [0, 0.1) is 6.92 Å². The quantitative estimate of drug-likeness (QED) is 0.167. The van der Waals surface area contributed by atoms with Gasteiger partial charge in [-0.15, -0.1) is 0 Å². The lowest BCUT2D eigenvalue weighted by molar-refractivity contribution is -0.123. The van der Waals surface area contributed by atoms with E-state index >= 15 is 0 Å². The highest BCUT2D eigenvalue weighted by atomic mass is 16.6. The summed E-state index contributed by atoms with van der Waals surface area (Å²) in [7, 11) is 0. The first-order chi connectivity index (χ1) is 17.5. The molecule has 8 heteroatoms. The second-order valence-electron chi connectivity index (χ2n) is 7.75. The van der Waals surface area contributed by atoms with E-state index in [1.54, 1.807) is 48.5 Å². The molecule has 0 aliphatic heterocycles. The number of hydrogen-bond donors (Lipinski definition) is 1. The molecular formula is C28H30N2O6. The van der Waals surface area contributed by atoms with Crippen molar-refractivity contribution in [3.05, 3.63) is 83.4 Å².